The SMILES string of the molecule is CC1(C(=O)O)COCC1NC(=O)c1ccc(Cl)o1. The largest absolute Gasteiger partial charge is 0.481 e. The number of carboxylic acid groups (broad SMARTS) is 1. The number of ether oxygens (including phenoxy) is 1. The maximum atomic E-state index is 11.8. The average molecular weight is 274 g/mol. The van der Waals surface area contributed by atoms with E-state index in [0.29, 0.717) is 0 Å². The highest BCUT2D eigenvalue weighted by Crippen LogP contribution is 2.29. The molecule has 0 aliphatic carbocycles. The first-order valence-electron chi connectivity index (χ1n) is 5.31. The zero-order chi connectivity index (χ0) is 13.3. The molecule has 1 aliphatic heterocycles. The Kier molecular flexibility index (Phi) is 3.32. The molecule has 2 unspecified atom stereocenters. The van der Waals surface area contributed by atoms with Crippen LogP contribution in [0.1, 0.15) is 17.5 Å². The summed E-state index contributed by atoms with van der Waals surface area (Å²) in [6.45, 7) is 1.75. The van der Waals surface area contributed by atoms with Crippen molar-refractivity contribution in [3.63, 3.8) is 0 Å². The maximum Gasteiger partial charge on any atom is 0.313 e. The number of hydrogen-bond acceptors (Lipinski definition) is 4. The summed E-state index contributed by atoms with van der Waals surface area (Å²) in [5.74, 6) is -1.48. The molecule has 2 rings (SSSR count). The molecular formula is C11H12ClNO5. The minimum absolute atomic E-state index is 0.0413. The molecule has 6 nitrogen and oxygen atoms in total. The topological polar surface area (TPSA) is 88.8 Å². The summed E-state index contributed by atoms with van der Waals surface area (Å²) in [4.78, 5) is 23.0. The van der Waals surface area contributed by atoms with Gasteiger partial charge in [-0.15, -0.1) is 0 Å². The normalized spacial score (nSPS) is 27.1. The summed E-state index contributed by atoms with van der Waals surface area (Å²) in [6, 6.07) is 2.26. The van der Waals surface area contributed by atoms with Crippen molar-refractivity contribution >= 4 is 23.5 Å². The Labute approximate surface area is 108 Å². The molecule has 0 saturated carbocycles. The Morgan fingerprint density at radius 2 is 2.28 bits per heavy atom. The van der Waals surface area contributed by atoms with Gasteiger partial charge in [0, 0.05) is 0 Å². The molecule has 0 radical (unpaired) electrons. The Bertz CT molecular complexity index is 486. The van der Waals surface area contributed by atoms with E-state index in [1.807, 2.05) is 0 Å². The first-order chi connectivity index (χ1) is 8.43. The van der Waals surface area contributed by atoms with Crippen LogP contribution < -0.4 is 5.32 Å². The van der Waals surface area contributed by atoms with E-state index in [0.717, 1.165) is 0 Å². The second kappa shape index (κ2) is 4.62. The number of hydrogen-bond donors (Lipinski definition) is 2. The fourth-order valence-corrected chi connectivity index (χ4v) is 1.90. The Balaban J connectivity index is 2.10. The summed E-state index contributed by atoms with van der Waals surface area (Å²) in [5.41, 5.74) is -1.13. The van der Waals surface area contributed by atoms with Crippen LogP contribution in [0.15, 0.2) is 16.5 Å². The van der Waals surface area contributed by atoms with E-state index < -0.39 is 23.3 Å². The van der Waals surface area contributed by atoms with E-state index in [1.54, 1.807) is 0 Å². The number of nitrogens with one attached hydrogen (secondary N) is 1. The van der Waals surface area contributed by atoms with Crippen molar-refractivity contribution in [2.45, 2.75) is 13.0 Å². The van der Waals surface area contributed by atoms with Gasteiger partial charge < -0.3 is 19.6 Å². The minimum Gasteiger partial charge on any atom is -0.481 e. The molecule has 0 spiro atoms. The van der Waals surface area contributed by atoms with E-state index >= 15 is 0 Å². The first kappa shape index (κ1) is 12.9. The molecular weight excluding hydrogens is 262 g/mol. The van der Waals surface area contributed by atoms with Crippen molar-refractivity contribution in [3.8, 4) is 0 Å². The number of halogens is 1. The number of furan rings is 1. The Morgan fingerprint density at radius 1 is 1.56 bits per heavy atom. The third kappa shape index (κ3) is 2.21. The van der Waals surface area contributed by atoms with Crippen molar-refractivity contribution in [2.75, 3.05) is 13.2 Å². The molecule has 1 aliphatic rings. The van der Waals surface area contributed by atoms with Gasteiger partial charge in [0.15, 0.2) is 11.0 Å². The van der Waals surface area contributed by atoms with Gasteiger partial charge in [-0.2, -0.15) is 0 Å². The Hall–Kier alpha value is -1.53. The summed E-state index contributed by atoms with van der Waals surface area (Å²) in [7, 11) is 0. The van der Waals surface area contributed by atoms with E-state index in [4.69, 9.17) is 25.9 Å². The van der Waals surface area contributed by atoms with Crippen molar-refractivity contribution in [1.29, 1.82) is 0 Å². The fraction of sp³-hybridized carbons (Fsp3) is 0.455. The third-order valence-corrected chi connectivity index (χ3v) is 3.25. The highest BCUT2D eigenvalue weighted by atomic mass is 35.5. The molecule has 1 amide bonds. The number of amides is 1. The summed E-state index contributed by atoms with van der Waals surface area (Å²) >= 11 is 5.56. The second-order valence-corrected chi connectivity index (χ2v) is 4.74. The van der Waals surface area contributed by atoms with E-state index in [9.17, 15) is 9.59 Å². The smallest absolute Gasteiger partial charge is 0.313 e. The molecule has 2 atom stereocenters. The molecule has 1 fully saturated rings. The van der Waals surface area contributed by atoms with Crippen LogP contribution in [0.3, 0.4) is 0 Å². The maximum absolute atomic E-state index is 11.8. The molecule has 7 heteroatoms. The van der Waals surface area contributed by atoms with Gasteiger partial charge in [0.1, 0.15) is 5.41 Å². The molecule has 0 bridgehead atoms. The molecule has 2 N–H and O–H groups in total. The van der Waals surface area contributed by atoms with Crippen molar-refractivity contribution in [2.24, 2.45) is 5.41 Å². The molecule has 1 aromatic heterocycles. The van der Waals surface area contributed by atoms with Crippen LogP contribution in [0.25, 0.3) is 0 Å². The van der Waals surface area contributed by atoms with Gasteiger partial charge in [0.2, 0.25) is 0 Å². The standard InChI is InChI=1S/C11H12ClNO5/c1-11(10(15)16)5-17-4-7(11)13-9(14)6-2-3-8(12)18-6/h2-3,7H,4-5H2,1H3,(H,13,14)(H,15,16). The quantitative estimate of drug-likeness (QED) is 0.862. The monoisotopic (exact) mass is 273 g/mol. The molecule has 18 heavy (non-hydrogen) atoms. The van der Waals surface area contributed by atoms with Crippen molar-refractivity contribution in [1.82, 2.24) is 5.32 Å². The van der Waals surface area contributed by atoms with Gasteiger partial charge >= 0.3 is 5.97 Å². The highest BCUT2D eigenvalue weighted by Gasteiger charge is 2.47. The van der Waals surface area contributed by atoms with Crippen molar-refractivity contribution < 1.29 is 23.8 Å². The lowest BCUT2D eigenvalue weighted by molar-refractivity contribution is -0.148. The highest BCUT2D eigenvalue weighted by molar-refractivity contribution is 6.29. The summed E-state index contributed by atoms with van der Waals surface area (Å²) in [6.07, 6.45) is 0. The van der Waals surface area contributed by atoms with Gasteiger partial charge in [0.05, 0.1) is 19.3 Å². The first-order valence-corrected chi connectivity index (χ1v) is 5.68. The van der Waals surface area contributed by atoms with Crippen LogP contribution >= 0.6 is 11.6 Å². The predicted molar refractivity (Wildman–Crippen MR) is 61.5 cm³/mol. The van der Waals surface area contributed by atoms with Gasteiger partial charge in [0.25, 0.3) is 5.91 Å². The third-order valence-electron chi connectivity index (χ3n) is 3.05. The van der Waals surface area contributed by atoms with Gasteiger partial charge in [-0.3, -0.25) is 9.59 Å². The lowest BCUT2D eigenvalue weighted by Crippen LogP contribution is -2.49. The summed E-state index contributed by atoms with van der Waals surface area (Å²) < 4.78 is 10.1. The number of carbonyl (C=O) groups is 2. The van der Waals surface area contributed by atoms with E-state index in [1.165, 1.54) is 19.1 Å². The second-order valence-electron chi connectivity index (χ2n) is 4.37. The van der Waals surface area contributed by atoms with E-state index in [2.05, 4.69) is 5.32 Å². The predicted octanol–water partition coefficient (Wildman–Crippen LogP) is 1.15. The fourth-order valence-electron chi connectivity index (χ4n) is 1.75. The molecule has 2 heterocycles. The minimum atomic E-state index is -1.13. The van der Waals surface area contributed by atoms with Gasteiger partial charge in [-0.05, 0) is 30.7 Å². The van der Waals surface area contributed by atoms with Crippen LogP contribution in [0, 0.1) is 5.41 Å². The Morgan fingerprint density at radius 3 is 2.83 bits per heavy atom. The summed E-state index contributed by atoms with van der Waals surface area (Å²) in [5, 5.41) is 11.8. The lowest BCUT2D eigenvalue weighted by atomic mass is 9.85. The zero-order valence-corrected chi connectivity index (χ0v) is 10.4. The molecule has 1 saturated heterocycles. The molecule has 0 aromatic carbocycles. The number of carbonyl (C=O) groups excluding carboxylic acids is 1. The average Bonchev–Trinajstić information content (AvgIpc) is 2.87. The number of carboxylic acids is 1. The van der Waals surface area contributed by atoms with Crippen LogP contribution in [-0.4, -0.2) is 36.2 Å². The molecule has 1 aromatic rings. The van der Waals surface area contributed by atoms with Gasteiger partial charge in [-0.25, -0.2) is 0 Å². The molecule has 98 valence electrons. The van der Waals surface area contributed by atoms with Gasteiger partial charge in [-0.1, -0.05) is 0 Å². The number of aliphatic carboxylic acids is 1. The van der Waals surface area contributed by atoms with Crippen LogP contribution in [-0.2, 0) is 9.53 Å². The van der Waals surface area contributed by atoms with Crippen LogP contribution in [0.4, 0.5) is 0 Å². The van der Waals surface area contributed by atoms with Crippen molar-refractivity contribution in [3.05, 3.63) is 23.1 Å². The number of rotatable bonds is 3. The van der Waals surface area contributed by atoms with Crippen LogP contribution in [0.2, 0.25) is 5.22 Å². The lowest BCUT2D eigenvalue weighted by Gasteiger charge is -2.24. The zero-order valence-electron chi connectivity index (χ0n) is 9.60. The van der Waals surface area contributed by atoms with E-state index in [-0.39, 0.29) is 24.2 Å². The van der Waals surface area contributed by atoms with Crippen LogP contribution in [0.5, 0.6) is 0 Å².